The third-order valence-corrected chi connectivity index (χ3v) is 12.5. The number of benzene rings is 10. The summed E-state index contributed by atoms with van der Waals surface area (Å²) in [4.78, 5) is 0. The van der Waals surface area contributed by atoms with Gasteiger partial charge in [0.1, 0.15) is 0 Å². The van der Waals surface area contributed by atoms with E-state index in [4.69, 9.17) is 0 Å². The van der Waals surface area contributed by atoms with Crippen LogP contribution in [0.4, 0.5) is 0 Å². The minimum Gasteiger partial charge on any atom is -0.309 e. The van der Waals surface area contributed by atoms with Gasteiger partial charge >= 0.3 is 0 Å². The van der Waals surface area contributed by atoms with Crippen LogP contribution in [0.25, 0.3) is 111 Å². The van der Waals surface area contributed by atoms with Gasteiger partial charge in [-0.25, -0.2) is 0 Å². The van der Waals surface area contributed by atoms with Crippen molar-refractivity contribution in [3.05, 3.63) is 243 Å². The van der Waals surface area contributed by atoms with Crippen molar-refractivity contribution in [2.24, 2.45) is 0 Å². The predicted molar refractivity (Wildman–Crippen MR) is 262 cm³/mol. The molecule has 0 atom stereocenters. The third-order valence-electron chi connectivity index (χ3n) is 12.5. The summed E-state index contributed by atoms with van der Waals surface area (Å²) >= 11 is 0. The van der Waals surface area contributed by atoms with Crippen LogP contribution >= 0.6 is 0 Å². The van der Waals surface area contributed by atoms with Crippen molar-refractivity contribution >= 4 is 43.6 Å². The van der Waals surface area contributed by atoms with Gasteiger partial charge in [0.2, 0.25) is 0 Å². The average Bonchev–Trinajstić information content (AvgIpc) is 3.87. The van der Waals surface area contributed by atoms with Crippen molar-refractivity contribution in [3.8, 4) is 67.0 Å². The maximum absolute atomic E-state index is 2.42. The highest BCUT2D eigenvalue weighted by molar-refractivity contribution is 6.13. The molecule has 62 heavy (non-hydrogen) atoms. The van der Waals surface area contributed by atoms with Crippen LogP contribution in [0.2, 0.25) is 0 Å². The number of nitrogens with zero attached hydrogens (tertiary/aromatic N) is 2. The summed E-state index contributed by atoms with van der Waals surface area (Å²) in [5.41, 5.74) is 19.1. The molecule has 2 heteroatoms. The minimum absolute atomic E-state index is 1.14. The molecule has 0 N–H and O–H groups in total. The van der Waals surface area contributed by atoms with E-state index in [0.717, 1.165) is 11.4 Å². The summed E-state index contributed by atoms with van der Waals surface area (Å²) in [5, 5.41) is 4.97. The fraction of sp³-hybridized carbons (Fsp3) is 0. The molecule has 2 nitrogen and oxygen atoms in total. The van der Waals surface area contributed by atoms with Crippen molar-refractivity contribution in [1.82, 2.24) is 9.13 Å². The van der Waals surface area contributed by atoms with Gasteiger partial charge in [0.05, 0.1) is 22.1 Å². The Kier molecular flexibility index (Phi) is 8.53. The quantitative estimate of drug-likeness (QED) is 0.152. The molecule has 0 aliphatic heterocycles. The van der Waals surface area contributed by atoms with Gasteiger partial charge in [-0.1, -0.05) is 164 Å². The van der Waals surface area contributed by atoms with Crippen LogP contribution in [0.5, 0.6) is 0 Å². The molecule has 2 heterocycles. The number of fused-ring (bicyclic) bond motifs is 6. The van der Waals surface area contributed by atoms with Crippen molar-refractivity contribution in [2.75, 3.05) is 0 Å². The summed E-state index contributed by atoms with van der Waals surface area (Å²) in [6.07, 6.45) is 0. The summed E-state index contributed by atoms with van der Waals surface area (Å²) in [5.74, 6) is 0. The van der Waals surface area contributed by atoms with Gasteiger partial charge in [-0.15, -0.1) is 0 Å². The second-order valence-corrected chi connectivity index (χ2v) is 16.2. The first-order valence-corrected chi connectivity index (χ1v) is 21.3. The second kappa shape index (κ2) is 14.8. The monoisotopic (exact) mass is 788 g/mol. The number of hydrogen-bond acceptors (Lipinski definition) is 0. The van der Waals surface area contributed by atoms with Crippen molar-refractivity contribution < 1.29 is 0 Å². The van der Waals surface area contributed by atoms with E-state index in [0.29, 0.717) is 0 Å². The molecule has 0 aliphatic rings. The van der Waals surface area contributed by atoms with Crippen molar-refractivity contribution in [1.29, 1.82) is 0 Å². The van der Waals surface area contributed by atoms with E-state index in [1.54, 1.807) is 0 Å². The summed E-state index contributed by atoms with van der Waals surface area (Å²) < 4.78 is 4.82. The highest BCUT2D eigenvalue weighted by Gasteiger charge is 2.17. The van der Waals surface area contributed by atoms with Gasteiger partial charge in [-0.05, 0) is 134 Å². The van der Waals surface area contributed by atoms with Crippen LogP contribution < -0.4 is 0 Å². The number of para-hydroxylation sites is 2. The smallest absolute Gasteiger partial charge is 0.0541 e. The van der Waals surface area contributed by atoms with Crippen LogP contribution in [-0.2, 0) is 0 Å². The fourth-order valence-corrected chi connectivity index (χ4v) is 9.51. The molecular weight excluding hydrogens is 749 g/mol. The SMILES string of the molecule is c1ccc(-c2cccc(-c3cccc(-c4cccc(-n5c6ccccc6c6cc(-c7ccc8c(c7)c7cc(-c9ccccc9)ccc7n8-c7ccccc7)ccc65)c4)c3)c2)cc1. The van der Waals surface area contributed by atoms with E-state index < -0.39 is 0 Å². The molecule has 0 fully saturated rings. The number of rotatable bonds is 7. The molecule has 0 radical (unpaired) electrons. The molecule has 0 bridgehead atoms. The lowest BCUT2D eigenvalue weighted by atomic mass is 9.96. The zero-order valence-corrected chi connectivity index (χ0v) is 34.0. The van der Waals surface area contributed by atoms with E-state index >= 15 is 0 Å². The Morgan fingerprint density at radius 3 is 1.03 bits per heavy atom. The maximum Gasteiger partial charge on any atom is 0.0541 e. The molecule has 0 aliphatic carbocycles. The Morgan fingerprint density at radius 1 is 0.177 bits per heavy atom. The number of aromatic nitrogens is 2. The third kappa shape index (κ3) is 6.12. The summed E-state index contributed by atoms with van der Waals surface area (Å²) in [6, 6.07) is 88.4. The van der Waals surface area contributed by atoms with Gasteiger partial charge in [0.25, 0.3) is 0 Å². The summed E-state index contributed by atoms with van der Waals surface area (Å²) in [7, 11) is 0. The lowest BCUT2D eigenvalue weighted by molar-refractivity contribution is 1.18. The van der Waals surface area contributed by atoms with E-state index in [1.165, 1.54) is 99.2 Å². The minimum atomic E-state index is 1.14. The second-order valence-electron chi connectivity index (χ2n) is 16.2. The largest absolute Gasteiger partial charge is 0.309 e. The van der Waals surface area contributed by atoms with Crippen LogP contribution in [0, 0.1) is 0 Å². The molecule has 290 valence electrons. The van der Waals surface area contributed by atoms with E-state index in [9.17, 15) is 0 Å². The van der Waals surface area contributed by atoms with Crippen molar-refractivity contribution in [2.45, 2.75) is 0 Å². The van der Waals surface area contributed by atoms with E-state index in [1.807, 2.05) is 0 Å². The molecule has 2 aromatic heterocycles. The Balaban J connectivity index is 0.956. The molecule has 0 saturated heterocycles. The molecule has 0 saturated carbocycles. The van der Waals surface area contributed by atoms with Crippen LogP contribution in [0.3, 0.4) is 0 Å². The van der Waals surface area contributed by atoms with Crippen LogP contribution in [0.15, 0.2) is 243 Å². The topological polar surface area (TPSA) is 9.86 Å². The Bertz CT molecular complexity index is 3610. The molecule has 12 aromatic rings. The molecule has 0 unspecified atom stereocenters. The van der Waals surface area contributed by atoms with Gasteiger partial charge in [-0.2, -0.15) is 0 Å². The van der Waals surface area contributed by atoms with Crippen LogP contribution in [0.1, 0.15) is 0 Å². The highest BCUT2D eigenvalue weighted by atomic mass is 15.0. The molecule has 0 spiro atoms. The highest BCUT2D eigenvalue weighted by Crippen LogP contribution is 2.40. The number of hydrogen-bond donors (Lipinski definition) is 0. The summed E-state index contributed by atoms with van der Waals surface area (Å²) in [6.45, 7) is 0. The fourth-order valence-electron chi connectivity index (χ4n) is 9.51. The van der Waals surface area contributed by atoms with Gasteiger partial charge < -0.3 is 9.13 Å². The lowest BCUT2D eigenvalue weighted by Crippen LogP contribution is -1.94. The lowest BCUT2D eigenvalue weighted by Gasteiger charge is -2.12. The zero-order valence-electron chi connectivity index (χ0n) is 34.0. The average molecular weight is 789 g/mol. The van der Waals surface area contributed by atoms with Gasteiger partial charge in [-0.3, -0.25) is 0 Å². The van der Waals surface area contributed by atoms with E-state index in [2.05, 4.69) is 252 Å². The predicted octanol–water partition coefficient (Wildman–Crippen LogP) is 16.2. The van der Waals surface area contributed by atoms with Gasteiger partial charge in [0, 0.05) is 32.9 Å². The van der Waals surface area contributed by atoms with Gasteiger partial charge in [0.15, 0.2) is 0 Å². The molecular formula is C60H40N2. The Morgan fingerprint density at radius 2 is 0.500 bits per heavy atom. The van der Waals surface area contributed by atoms with Crippen LogP contribution in [-0.4, -0.2) is 9.13 Å². The molecule has 0 amide bonds. The Hall–Kier alpha value is -8.20. The Labute approximate surface area is 360 Å². The zero-order chi connectivity index (χ0) is 41.0. The molecule has 10 aromatic carbocycles. The first-order valence-electron chi connectivity index (χ1n) is 21.3. The normalized spacial score (nSPS) is 11.5. The maximum atomic E-state index is 2.42. The standard InChI is InChI=1S/C60H40N2/c1-4-15-41(16-5-1)43-19-12-20-44(35-43)45-21-13-22-46(36-45)47-23-14-26-52(37-47)62-57-28-11-10-27-53(57)54-39-49(30-33-58(54)62)50-31-34-60-56(40-50)55-38-48(42-17-6-2-7-18-42)29-32-59(55)61(60)51-24-8-3-9-25-51/h1-40H. The van der Waals surface area contributed by atoms with Crippen molar-refractivity contribution in [3.63, 3.8) is 0 Å². The first-order chi connectivity index (χ1) is 30.7. The van der Waals surface area contributed by atoms with E-state index in [-0.39, 0.29) is 0 Å². The molecule has 12 rings (SSSR count). The first kappa shape index (κ1) is 35.7.